The van der Waals surface area contributed by atoms with E-state index in [1.54, 1.807) is 6.92 Å². The van der Waals surface area contributed by atoms with Crippen molar-refractivity contribution in [3.05, 3.63) is 71.8 Å². The topological polar surface area (TPSA) is 186 Å². The van der Waals surface area contributed by atoms with Crippen LogP contribution in [0, 0.1) is 5.92 Å². The Labute approximate surface area is 274 Å². The van der Waals surface area contributed by atoms with Crippen LogP contribution in [0.25, 0.3) is 0 Å². The molecule has 3 fully saturated rings. The molecule has 2 aromatic carbocycles. The number of rotatable bonds is 12. The highest BCUT2D eigenvalue weighted by Crippen LogP contribution is 2.36. The second-order valence-corrected chi connectivity index (χ2v) is 12.5. The summed E-state index contributed by atoms with van der Waals surface area (Å²) in [5.41, 5.74) is 1.86. The molecule has 3 saturated heterocycles. The fourth-order valence-corrected chi connectivity index (χ4v) is 6.26. The lowest BCUT2D eigenvalue weighted by Gasteiger charge is -2.49. The summed E-state index contributed by atoms with van der Waals surface area (Å²) >= 11 is 0. The quantitative estimate of drug-likeness (QED) is 0.182. The maximum atomic E-state index is 11.3. The molecule has 2 aromatic rings. The molecular formula is C34H48O13. The maximum absolute atomic E-state index is 11.3. The van der Waals surface area contributed by atoms with Gasteiger partial charge in [0, 0.05) is 5.92 Å². The number of hydrogen-bond donors (Lipinski definition) is 6. The lowest BCUT2D eigenvalue weighted by molar-refractivity contribution is -0.382. The van der Waals surface area contributed by atoms with Crippen molar-refractivity contribution in [1.29, 1.82) is 0 Å². The average molecular weight is 665 g/mol. The van der Waals surface area contributed by atoms with E-state index in [0.29, 0.717) is 6.61 Å². The molecule has 15 atom stereocenters. The van der Waals surface area contributed by atoms with Crippen LogP contribution in [-0.2, 0) is 46.4 Å². The summed E-state index contributed by atoms with van der Waals surface area (Å²) in [7, 11) is 0. The Balaban J connectivity index is 1.42. The van der Waals surface area contributed by atoms with E-state index < -0.39 is 99.0 Å². The van der Waals surface area contributed by atoms with E-state index in [9.17, 15) is 30.6 Å². The van der Waals surface area contributed by atoms with Gasteiger partial charge in [-0.2, -0.15) is 0 Å². The summed E-state index contributed by atoms with van der Waals surface area (Å²) < 4.78 is 43.2. The molecule has 0 bridgehead atoms. The zero-order chi connectivity index (χ0) is 33.7. The van der Waals surface area contributed by atoms with Crippen molar-refractivity contribution in [2.24, 2.45) is 5.92 Å². The Morgan fingerprint density at radius 3 is 1.62 bits per heavy atom. The molecule has 13 nitrogen and oxygen atoms in total. The molecule has 47 heavy (non-hydrogen) atoms. The Morgan fingerprint density at radius 1 is 0.532 bits per heavy atom. The van der Waals surface area contributed by atoms with Crippen molar-refractivity contribution < 1.29 is 63.8 Å². The van der Waals surface area contributed by atoms with Crippen LogP contribution in [0.4, 0.5) is 0 Å². The van der Waals surface area contributed by atoms with E-state index in [1.165, 1.54) is 0 Å². The van der Waals surface area contributed by atoms with E-state index in [4.69, 9.17) is 33.2 Å². The lowest BCUT2D eigenvalue weighted by Crippen LogP contribution is -2.66. The SMILES string of the molecule is CC1OC(CO)[C@@H](O[C@@H]2OC(CO)[C@H](O)[C@H](O)C2O[C@@H]2OC(C)[C@@H](C)[C@H](OCc3ccccc3)C2OCc2ccccc2)[C@H](O)C1O. The molecule has 0 radical (unpaired) electrons. The van der Waals surface area contributed by atoms with Gasteiger partial charge in [-0.05, 0) is 25.0 Å². The first kappa shape index (κ1) is 36.2. The highest BCUT2D eigenvalue weighted by Gasteiger charge is 2.53. The van der Waals surface area contributed by atoms with Gasteiger partial charge in [0.2, 0.25) is 0 Å². The summed E-state index contributed by atoms with van der Waals surface area (Å²) in [6.45, 7) is 4.68. The van der Waals surface area contributed by atoms with Gasteiger partial charge in [-0.15, -0.1) is 0 Å². The third-order valence-electron chi connectivity index (χ3n) is 9.28. The number of hydrogen-bond acceptors (Lipinski definition) is 13. The fourth-order valence-electron chi connectivity index (χ4n) is 6.26. The zero-order valence-corrected chi connectivity index (χ0v) is 26.8. The number of aliphatic hydroxyl groups is 6. The van der Waals surface area contributed by atoms with Crippen LogP contribution in [-0.4, -0.2) is 130 Å². The summed E-state index contributed by atoms with van der Waals surface area (Å²) in [4.78, 5) is 0. The van der Waals surface area contributed by atoms with Gasteiger partial charge in [0.15, 0.2) is 12.6 Å². The first-order valence-electron chi connectivity index (χ1n) is 16.1. The predicted octanol–water partition coefficient (Wildman–Crippen LogP) is 0.249. The van der Waals surface area contributed by atoms with Crippen LogP contribution >= 0.6 is 0 Å². The Hall–Kier alpha value is -2.08. The van der Waals surface area contributed by atoms with Crippen LogP contribution in [0.3, 0.4) is 0 Å². The molecule has 0 amide bonds. The molecule has 13 heteroatoms. The molecule has 0 aromatic heterocycles. The molecule has 0 spiro atoms. The van der Waals surface area contributed by atoms with Gasteiger partial charge in [-0.25, -0.2) is 0 Å². The van der Waals surface area contributed by atoms with Gasteiger partial charge in [0.1, 0.15) is 54.9 Å². The minimum Gasteiger partial charge on any atom is -0.394 e. The van der Waals surface area contributed by atoms with Crippen molar-refractivity contribution >= 4 is 0 Å². The second-order valence-electron chi connectivity index (χ2n) is 12.5. The Kier molecular flexibility index (Phi) is 12.7. The number of aliphatic hydroxyl groups excluding tert-OH is 6. The standard InChI is InChI=1S/C34H48O13/c1-18-19(2)44-34(32(42-17-22-12-8-5-9-13-22)29(18)41-16-21-10-6-4-7-11-21)47-31-28(40)26(38)23(14-35)45-33(31)46-30-24(15-36)43-20(3)25(37)27(30)39/h4-13,18-20,23-40H,14-17H2,1-3H3/t18-,19?,20?,23?,24?,25?,26+,27-,28+,29+,30-,31?,32?,33+,34+/m1/s1. The second kappa shape index (κ2) is 16.5. The van der Waals surface area contributed by atoms with Crippen molar-refractivity contribution in [2.75, 3.05) is 13.2 Å². The third-order valence-corrected chi connectivity index (χ3v) is 9.28. The van der Waals surface area contributed by atoms with Crippen LogP contribution in [0.2, 0.25) is 0 Å². The largest absolute Gasteiger partial charge is 0.394 e. The normalized spacial score (nSPS) is 41.1. The molecule has 5 rings (SSSR count). The summed E-state index contributed by atoms with van der Waals surface area (Å²) in [6.07, 6.45) is -16.4. The van der Waals surface area contributed by atoms with Gasteiger partial charge in [-0.1, -0.05) is 67.6 Å². The Morgan fingerprint density at radius 2 is 1.04 bits per heavy atom. The first-order chi connectivity index (χ1) is 22.6. The predicted molar refractivity (Wildman–Crippen MR) is 164 cm³/mol. The minimum absolute atomic E-state index is 0.147. The van der Waals surface area contributed by atoms with Crippen molar-refractivity contribution in [3.8, 4) is 0 Å². The maximum Gasteiger partial charge on any atom is 0.187 e. The summed E-state index contributed by atoms with van der Waals surface area (Å²) in [6, 6.07) is 19.2. The molecule has 262 valence electrons. The summed E-state index contributed by atoms with van der Waals surface area (Å²) in [5, 5.41) is 63.4. The Bertz CT molecular complexity index is 1210. The molecule has 0 saturated carbocycles. The molecule has 3 aliphatic rings. The van der Waals surface area contributed by atoms with E-state index in [0.717, 1.165) is 11.1 Å². The molecular weight excluding hydrogens is 616 g/mol. The average Bonchev–Trinajstić information content (AvgIpc) is 3.09. The van der Waals surface area contributed by atoms with Gasteiger partial charge in [0.05, 0.1) is 44.7 Å². The minimum atomic E-state index is -1.65. The fraction of sp³-hybridized carbons (Fsp3) is 0.647. The highest BCUT2D eigenvalue weighted by molar-refractivity contribution is 5.14. The lowest BCUT2D eigenvalue weighted by atomic mass is 9.90. The van der Waals surface area contributed by atoms with E-state index in [-0.39, 0.29) is 12.5 Å². The van der Waals surface area contributed by atoms with Crippen molar-refractivity contribution in [1.82, 2.24) is 0 Å². The van der Waals surface area contributed by atoms with Gasteiger partial charge < -0.3 is 63.8 Å². The first-order valence-corrected chi connectivity index (χ1v) is 16.1. The van der Waals surface area contributed by atoms with E-state index in [2.05, 4.69) is 0 Å². The molecule has 3 heterocycles. The number of ether oxygens (including phenoxy) is 7. The van der Waals surface area contributed by atoms with Crippen LogP contribution < -0.4 is 0 Å². The smallest absolute Gasteiger partial charge is 0.187 e. The van der Waals surface area contributed by atoms with Gasteiger partial charge in [0.25, 0.3) is 0 Å². The monoisotopic (exact) mass is 664 g/mol. The van der Waals surface area contributed by atoms with Crippen molar-refractivity contribution in [2.45, 2.75) is 120 Å². The van der Waals surface area contributed by atoms with E-state index in [1.807, 2.05) is 74.5 Å². The summed E-state index contributed by atoms with van der Waals surface area (Å²) in [5.74, 6) is -0.147. The molecule has 3 aliphatic heterocycles. The van der Waals surface area contributed by atoms with E-state index >= 15 is 0 Å². The van der Waals surface area contributed by atoms with Crippen LogP contribution in [0.1, 0.15) is 31.9 Å². The molecule has 7 unspecified atom stereocenters. The third kappa shape index (κ3) is 8.39. The molecule has 0 aliphatic carbocycles. The van der Waals surface area contributed by atoms with Crippen LogP contribution in [0.15, 0.2) is 60.7 Å². The van der Waals surface area contributed by atoms with Gasteiger partial charge >= 0.3 is 0 Å². The molecule has 6 N–H and O–H groups in total. The zero-order valence-electron chi connectivity index (χ0n) is 26.8. The number of benzene rings is 2. The highest BCUT2D eigenvalue weighted by atomic mass is 16.8. The van der Waals surface area contributed by atoms with Crippen LogP contribution in [0.5, 0.6) is 0 Å². The van der Waals surface area contributed by atoms with Gasteiger partial charge in [-0.3, -0.25) is 0 Å². The van der Waals surface area contributed by atoms with Crippen molar-refractivity contribution in [3.63, 3.8) is 0 Å².